The van der Waals surface area contributed by atoms with Crippen molar-refractivity contribution >= 4 is 5.69 Å². The van der Waals surface area contributed by atoms with Crippen molar-refractivity contribution in [1.82, 2.24) is 5.32 Å². The Morgan fingerprint density at radius 2 is 1.75 bits per heavy atom. The van der Waals surface area contributed by atoms with Crippen LogP contribution in [0.1, 0.15) is 25.0 Å². The van der Waals surface area contributed by atoms with Gasteiger partial charge < -0.3 is 10.2 Å². The van der Waals surface area contributed by atoms with E-state index in [4.69, 9.17) is 0 Å². The minimum absolute atomic E-state index is 0.515. The molecule has 90 valence electrons. The number of likely N-dealkylation sites (N-methyl/N-ethyl adjacent to an activating group) is 2. The lowest BCUT2D eigenvalue weighted by atomic mass is 10.1. The normalized spacial score (nSPS) is 12.6. The Kier molecular flexibility index (Phi) is 4.81. The molecule has 2 heteroatoms. The van der Waals surface area contributed by atoms with E-state index < -0.39 is 0 Å². The zero-order chi connectivity index (χ0) is 12.1. The summed E-state index contributed by atoms with van der Waals surface area (Å²) in [6.45, 7) is 10.8. The number of hydrogen-bond donors (Lipinski definition) is 1. The number of nitrogens with one attached hydrogen (secondary N) is 1. The molecule has 0 spiro atoms. The lowest BCUT2D eigenvalue weighted by molar-refractivity contribution is 0.600. The Morgan fingerprint density at radius 3 is 2.25 bits per heavy atom. The molecule has 0 saturated carbocycles. The topological polar surface area (TPSA) is 15.3 Å². The lowest BCUT2D eigenvalue weighted by Gasteiger charge is -2.28. The van der Waals surface area contributed by atoms with E-state index in [0.717, 1.165) is 13.1 Å². The fraction of sp³-hybridized carbons (Fsp3) is 0.571. The average Bonchev–Trinajstić information content (AvgIpc) is 2.23. The predicted octanol–water partition coefficient (Wildman–Crippen LogP) is 2.74. The van der Waals surface area contributed by atoms with E-state index in [0.29, 0.717) is 6.04 Å². The molecule has 1 unspecified atom stereocenters. The second-order valence-corrected chi connectivity index (χ2v) is 4.61. The molecule has 1 atom stereocenters. The second-order valence-electron chi connectivity index (χ2n) is 4.61. The van der Waals surface area contributed by atoms with E-state index in [1.807, 2.05) is 0 Å². The van der Waals surface area contributed by atoms with E-state index in [9.17, 15) is 0 Å². The first-order chi connectivity index (χ1) is 7.54. The third kappa shape index (κ3) is 3.53. The molecule has 0 heterocycles. The molecule has 16 heavy (non-hydrogen) atoms. The van der Waals surface area contributed by atoms with Crippen molar-refractivity contribution in [3.63, 3.8) is 0 Å². The zero-order valence-electron chi connectivity index (χ0n) is 11.2. The minimum atomic E-state index is 0.515. The van der Waals surface area contributed by atoms with Gasteiger partial charge in [0.1, 0.15) is 0 Å². The molecule has 0 amide bonds. The van der Waals surface area contributed by atoms with Gasteiger partial charge in [0.05, 0.1) is 0 Å². The molecule has 1 aromatic carbocycles. The van der Waals surface area contributed by atoms with Gasteiger partial charge in [-0.1, -0.05) is 13.0 Å². The van der Waals surface area contributed by atoms with Crippen molar-refractivity contribution in [2.75, 3.05) is 25.0 Å². The van der Waals surface area contributed by atoms with Crippen LogP contribution in [0.5, 0.6) is 0 Å². The molecule has 2 nitrogen and oxygen atoms in total. The summed E-state index contributed by atoms with van der Waals surface area (Å²) in [5.41, 5.74) is 3.97. The average molecular weight is 220 g/mol. The maximum absolute atomic E-state index is 3.39. The van der Waals surface area contributed by atoms with Gasteiger partial charge in [0.2, 0.25) is 0 Å². The molecule has 0 radical (unpaired) electrons. The summed E-state index contributed by atoms with van der Waals surface area (Å²) in [4.78, 5) is 2.34. The van der Waals surface area contributed by atoms with Gasteiger partial charge in [0.25, 0.3) is 0 Å². The SMILES string of the molecule is CCNCC(C)N(C)c1cc(C)cc(C)c1. The first-order valence-electron chi connectivity index (χ1n) is 6.06. The number of aryl methyl sites for hydroxylation is 2. The fourth-order valence-electron chi connectivity index (χ4n) is 1.90. The fourth-order valence-corrected chi connectivity index (χ4v) is 1.90. The van der Waals surface area contributed by atoms with Crippen LogP contribution in [0.4, 0.5) is 5.69 Å². The highest BCUT2D eigenvalue weighted by Crippen LogP contribution is 2.19. The first-order valence-corrected chi connectivity index (χ1v) is 6.06. The molecule has 0 bridgehead atoms. The molecule has 1 rings (SSSR count). The number of hydrogen-bond acceptors (Lipinski definition) is 2. The standard InChI is InChI=1S/C14H24N2/c1-6-15-10-13(4)16(5)14-8-11(2)7-12(3)9-14/h7-9,13,15H,6,10H2,1-5H3. The van der Waals surface area contributed by atoms with Crippen LogP contribution < -0.4 is 10.2 Å². The van der Waals surface area contributed by atoms with E-state index >= 15 is 0 Å². The van der Waals surface area contributed by atoms with Crippen molar-refractivity contribution in [2.45, 2.75) is 33.7 Å². The Labute approximate surface area is 99.7 Å². The van der Waals surface area contributed by atoms with Crippen LogP contribution in [0.15, 0.2) is 18.2 Å². The lowest BCUT2D eigenvalue weighted by Crippen LogP contribution is -2.37. The summed E-state index contributed by atoms with van der Waals surface area (Å²) in [5.74, 6) is 0. The molecular weight excluding hydrogens is 196 g/mol. The predicted molar refractivity (Wildman–Crippen MR) is 72.3 cm³/mol. The summed E-state index contributed by atoms with van der Waals surface area (Å²) in [6.07, 6.45) is 0. The molecule has 0 aliphatic carbocycles. The Hall–Kier alpha value is -1.02. The number of benzene rings is 1. The van der Waals surface area contributed by atoms with Crippen LogP contribution >= 0.6 is 0 Å². The van der Waals surface area contributed by atoms with Gasteiger partial charge in [-0.3, -0.25) is 0 Å². The van der Waals surface area contributed by atoms with Crippen LogP contribution in [-0.4, -0.2) is 26.2 Å². The van der Waals surface area contributed by atoms with E-state index in [1.165, 1.54) is 16.8 Å². The third-order valence-electron chi connectivity index (χ3n) is 2.96. The minimum Gasteiger partial charge on any atom is -0.371 e. The van der Waals surface area contributed by atoms with Gasteiger partial charge in [-0.15, -0.1) is 0 Å². The van der Waals surface area contributed by atoms with Crippen LogP contribution in [0.2, 0.25) is 0 Å². The molecule has 1 aromatic rings. The highest BCUT2D eigenvalue weighted by molar-refractivity contribution is 5.51. The molecule has 0 fully saturated rings. The molecular formula is C14H24N2. The largest absolute Gasteiger partial charge is 0.371 e. The summed E-state index contributed by atoms with van der Waals surface area (Å²) < 4.78 is 0. The second kappa shape index (κ2) is 5.90. The Bertz CT molecular complexity index is 313. The number of anilines is 1. The van der Waals surface area contributed by atoms with Crippen molar-refractivity contribution in [1.29, 1.82) is 0 Å². The van der Waals surface area contributed by atoms with Gasteiger partial charge in [0.15, 0.2) is 0 Å². The van der Waals surface area contributed by atoms with Crippen molar-refractivity contribution in [2.24, 2.45) is 0 Å². The van der Waals surface area contributed by atoms with Crippen molar-refractivity contribution in [3.8, 4) is 0 Å². The molecule has 0 aliphatic heterocycles. The quantitative estimate of drug-likeness (QED) is 0.821. The Morgan fingerprint density at radius 1 is 1.19 bits per heavy atom. The maximum Gasteiger partial charge on any atom is 0.0383 e. The van der Waals surface area contributed by atoms with Crippen LogP contribution in [-0.2, 0) is 0 Å². The summed E-state index contributed by atoms with van der Waals surface area (Å²) in [6, 6.07) is 7.22. The monoisotopic (exact) mass is 220 g/mol. The van der Waals surface area contributed by atoms with Crippen LogP contribution in [0.25, 0.3) is 0 Å². The highest BCUT2D eigenvalue weighted by Gasteiger charge is 2.09. The van der Waals surface area contributed by atoms with Gasteiger partial charge in [0, 0.05) is 25.3 Å². The van der Waals surface area contributed by atoms with E-state index in [-0.39, 0.29) is 0 Å². The number of nitrogens with zero attached hydrogens (tertiary/aromatic N) is 1. The summed E-state index contributed by atoms with van der Waals surface area (Å²) >= 11 is 0. The Balaban J connectivity index is 2.74. The van der Waals surface area contributed by atoms with Crippen LogP contribution in [0.3, 0.4) is 0 Å². The van der Waals surface area contributed by atoms with E-state index in [2.05, 4.69) is 63.2 Å². The van der Waals surface area contributed by atoms with E-state index in [1.54, 1.807) is 0 Å². The third-order valence-corrected chi connectivity index (χ3v) is 2.96. The van der Waals surface area contributed by atoms with Crippen LogP contribution in [0, 0.1) is 13.8 Å². The molecule has 0 saturated heterocycles. The van der Waals surface area contributed by atoms with Gasteiger partial charge >= 0.3 is 0 Å². The molecule has 0 aromatic heterocycles. The van der Waals surface area contributed by atoms with Crippen molar-refractivity contribution < 1.29 is 0 Å². The summed E-state index contributed by atoms with van der Waals surface area (Å²) in [5, 5.41) is 3.39. The summed E-state index contributed by atoms with van der Waals surface area (Å²) in [7, 11) is 2.16. The van der Waals surface area contributed by atoms with Gasteiger partial charge in [-0.2, -0.15) is 0 Å². The molecule has 0 aliphatic rings. The first kappa shape index (κ1) is 13.0. The smallest absolute Gasteiger partial charge is 0.0383 e. The zero-order valence-corrected chi connectivity index (χ0v) is 11.2. The van der Waals surface area contributed by atoms with Crippen molar-refractivity contribution in [3.05, 3.63) is 29.3 Å². The maximum atomic E-state index is 3.39. The molecule has 1 N–H and O–H groups in total. The van der Waals surface area contributed by atoms with Gasteiger partial charge in [-0.25, -0.2) is 0 Å². The van der Waals surface area contributed by atoms with Gasteiger partial charge in [-0.05, 0) is 50.6 Å². The number of rotatable bonds is 5. The highest BCUT2D eigenvalue weighted by atomic mass is 15.1.